The Morgan fingerprint density at radius 1 is 1.47 bits per heavy atom. The Hall–Kier alpha value is -2.08. The summed E-state index contributed by atoms with van der Waals surface area (Å²) in [5.41, 5.74) is -0.610. The molecule has 0 spiro atoms. The second-order valence-electron chi connectivity index (χ2n) is 4.91. The number of nitrogens with one attached hydrogen (secondary N) is 1. The average molecular weight is 264 g/mol. The van der Waals surface area contributed by atoms with Crippen LogP contribution < -0.4 is 5.32 Å². The van der Waals surface area contributed by atoms with Crippen molar-refractivity contribution < 1.29 is 18.8 Å². The van der Waals surface area contributed by atoms with Gasteiger partial charge in [-0.3, -0.25) is 4.79 Å². The van der Waals surface area contributed by atoms with Crippen LogP contribution in [0.15, 0.2) is 33.4 Å². The molecule has 0 aromatic carbocycles. The van der Waals surface area contributed by atoms with E-state index >= 15 is 0 Å². The van der Waals surface area contributed by atoms with Gasteiger partial charge >= 0.3 is 0 Å². The van der Waals surface area contributed by atoms with Crippen LogP contribution in [0.3, 0.4) is 0 Å². The molecule has 2 aromatic rings. The van der Waals surface area contributed by atoms with Crippen molar-refractivity contribution in [3.63, 3.8) is 0 Å². The molecule has 0 saturated heterocycles. The third kappa shape index (κ3) is 2.85. The van der Waals surface area contributed by atoms with Gasteiger partial charge in [0, 0.05) is 6.07 Å². The minimum atomic E-state index is -0.749. The Balaban J connectivity index is 2.13. The molecule has 2 aromatic heterocycles. The van der Waals surface area contributed by atoms with E-state index in [1.165, 1.54) is 12.3 Å². The summed E-state index contributed by atoms with van der Waals surface area (Å²) < 4.78 is 10.2. The second kappa shape index (κ2) is 4.89. The van der Waals surface area contributed by atoms with Crippen LogP contribution in [-0.2, 0) is 0 Å². The Morgan fingerprint density at radius 3 is 2.79 bits per heavy atom. The van der Waals surface area contributed by atoms with Crippen LogP contribution in [-0.4, -0.2) is 27.8 Å². The summed E-state index contributed by atoms with van der Waals surface area (Å²) in [5.74, 6) is 0.471. The highest BCUT2D eigenvalue weighted by Gasteiger charge is 2.28. The summed E-state index contributed by atoms with van der Waals surface area (Å²) >= 11 is 0. The fraction of sp³-hybridized carbons (Fsp3) is 0.385. The first-order valence-electron chi connectivity index (χ1n) is 5.91. The zero-order valence-electron chi connectivity index (χ0n) is 11.0. The normalized spacial score (nSPS) is 13.3. The third-order valence-electron chi connectivity index (χ3n) is 2.99. The van der Waals surface area contributed by atoms with Crippen molar-refractivity contribution in [2.75, 3.05) is 0 Å². The molecule has 2 N–H and O–H groups in total. The number of aromatic nitrogens is 1. The minimum Gasteiger partial charge on any atom is -0.461 e. The first-order valence-corrected chi connectivity index (χ1v) is 5.91. The average Bonchev–Trinajstić information content (AvgIpc) is 2.99. The number of nitrogens with zero attached hydrogens (tertiary/aromatic N) is 1. The van der Waals surface area contributed by atoms with E-state index in [4.69, 9.17) is 8.94 Å². The summed E-state index contributed by atoms with van der Waals surface area (Å²) in [5, 5.41) is 15.9. The quantitative estimate of drug-likeness (QED) is 0.879. The number of aliphatic hydroxyl groups is 1. The lowest BCUT2D eigenvalue weighted by Crippen LogP contribution is -2.51. The first kappa shape index (κ1) is 13.4. The van der Waals surface area contributed by atoms with Gasteiger partial charge in [0.1, 0.15) is 0 Å². The summed E-state index contributed by atoms with van der Waals surface area (Å²) in [6, 6.07) is 4.92. The Labute approximate surface area is 110 Å². The molecular formula is C13H16N2O4. The molecule has 1 atom stereocenters. The number of aliphatic hydroxyl groups excluding tert-OH is 1. The monoisotopic (exact) mass is 264 g/mol. The molecule has 102 valence electrons. The maximum Gasteiger partial charge on any atom is 0.273 e. The molecule has 6 heteroatoms. The van der Waals surface area contributed by atoms with Gasteiger partial charge < -0.3 is 19.4 Å². The second-order valence-corrected chi connectivity index (χ2v) is 4.91. The molecule has 0 aliphatic carbocycles. The van der Waals surface area contributed by atoms with Crippen molar-refractivity contribution in [3.8, 4) is 11.5 Å². The van der Waals surface area contributed by atoms with E-state index in [2.05, 4.69) is 10.5 Å². The van der Waals surface area contributed by atoms with Crippen molar-refractivity contribution in [2.24, 2.45) is 0 Å². The van der Waals surface area contributed by atoms with Gasteiger partial charge in [-0.2, -0.15) is 0 Å². The van der Waals surface area contributed by atoms with Crippen LogP contribution in [0.4, 0.5) is 0 Å². The topological polar surface area (TPSA) is 88.5 Å². The van der Waals surface area contributed by atoms with E-state index in [0.29, 0.717) is 11.5 Å². The van der Waals surface area contributed by atoms with Crippen LogP contribution in [0.2, 0.25) is 0 Å². The molecule has 19 heavy (non-hydrogen) atoms. The highest BCUT2D eigenvalue weighted by atomic mass is 16.5. The number of carbonyl (C=O) groups excluding carboxylic acids is 1. The number of hydrogen-bond acceptors (Lipinski definition) is 5. The lowest BCUT2D eigenvalue weighted by Gasteiger charge is -2.28. The van der Waals surface area contributed by atoms with E-state index in [0.717, 1.165) is 0 Å². The molecule has 6 nitrogen and oxygen atoms in total. The number of carbonyl (C=O) groups is 1. The predicted octanol–water partition coefficient (Wildman–Crippen LogP) is 1.82. The van der Waals surface area contributed by atoms with E-state index in [1.54, 1.807) is 32.9 Å². The van der Waals surface area contributed by atoms with Crippen LogP contribution in [0.1, 0.15) is 31.3 Å². The van der Waals surface area contributed by atoms with Gasteiger partial charge in [-0.05, 0) is 32.9 Å². The number of hydrogen-bond donors (Lipinski definition) is 2. The van der Waals surface area contributed by atoms with Gasteiger partial charge in [-0.25, -0.2) is 0 Å². The van der Waals surface area contributed by atoms with Crippen molar-refractivity contribution in [1.82, 2.24) is 10.5 Å². The molecule has 2 rings (SSSR count). The van der Waals surface area contributed by atoms with Gasteiger partial charge in [0.05, 0.1) is 17.9 Å². The largest absolute Gasteiger partial charge is 0.461 e. The van der Waals surface area contributed by atoms with E-state index in [9.17, 15) is 9.90 Å². The standard InChI is InChI=1S/C13H16N2O4/c1-8(16)13(2,3)14-12(17)9-7-11(19-15-9)10-5-4-6-18-10/h4-8,16H,1-3H3,(H,14,17). The molecule has 0 radical (unpaired) electrons. The van der Waals surface area contributed by atoms with E-state index < -0.39 is 17.6 Å². The van der Waals surface area contributed by atoms with Gasteiger partial charge in [0.25, 0.3) is 5.91 Å². The van der Waals surface area contributed by atoms with Crippen molar-refractivity contribution in [2.45, 2.75) is 32.4 Å². The lowest BCUT2D eigenvalue weighted by molar-refractivity contribution is 0.0702. The maximum absolute atomic E-state index is 12.0. The van der Waals surface area contributed by atoms with Gasteiger partial charge in [-0.15, -0.1) is 0 Å². The van der Waals surface area contributed by atoms with E-state index in [-0.39, 0.29) is 5.69 Å². The highest BCUT2D eigenvalue weighted by molar-refractivity contribution is 5.93. The molecule has 0 saturated carbocycles. The van der Waals surface area contributed by atoms with Crippen molar-refractivity contribution in [3.05, 3.63) is 30.2 Å². The van der Waals surface area contributed by atoms with Gasteiger partial charge in [0.15, 0.2) is 11.5 Å². The zero-order valence-corrected chi connectivity index (χ0v) is 11.0. The summed E-state index contributed by atoms with van der Waals surface area (Å²) in [7, 11) is 0. The molecular weight excluding hydrogens is 248 g/mol. The summed E-state index contributed by atoms with van der Waals surface area (Å²) in [6.45, 7) is 5.06. The minimum absolute atomic E-state index is 0.139. The summed E-state index contributed by atoms with van der Waals surface area (Å²) in [6.07, 6.45) is 0.821. The van der Waals surface area contributed by atoms with Crippen LogP contribution in [0.25, 0.3) is 11.5 Å². The van der Waals surface area contributed by atoms with Gasteiger partial charge in [0.2, 0.25) is 5.76 Å². The van der Waals surface area contributed by atoms with Crippen LogP contribution in [0, 0.1) is 0 Å². The number of amides is 1. The van der Waals surface area contributed by atoms with Crippen LogP contribution >= 0.6 is 0 Å². The lowest BCUT2D eigenvalue weighted by atomic mass is 9.98. The maximum atomic E-state index is 12.0. The van der Waals surface area contributed by atoms with Gasteiger partial charge in [-0.1, -0.05) is 5.16 Å². The molecule has 0 aliphatic heterocycles. The number of rotatable bonds is 4. The Morgan fingerprint density at radius 2 is 2.21 bits per heavy atom. The molecule has 0 fully saturated rings. The SMILES string of the molecule is CC(O)C(C)(C)NC(=O)c1cc(-c2ccco2)on1. The fourth-order valence-corrected chi connectivity index (χ4v) is 1.38. The Kier molecular flexibility index (Phi) is 3.44. The highest BCUT2D eigenvalue weighted by Crippen LogP contribution is 2.21. The smallest absolute Gasteiger partial charge is 0.273 e. The summed E-state index contributed by atoms with van der Waals surface area (Å²) in [4.78, 5) is 12.0. The molecule has 1 unspecified atom stereocenters. The van der Waals surface area contributed by atoms with E-state index in [1.807, 2.05) is 0 Å². The predicted molar refractivity (Wildman–Crippen MR) is 67.4 cm³/mol. The molecule has 0 aliphatic rings. The van der Waals surface area contributed by atoms with Crippen molar-refractivity contribution >= 4 is 5.91 Å². The van der Waals surface area contributed by atoms with Crippen molar-refractivity contribution in [1.29, 1.82) is 0 Å². The zero-order chi connectivity index (χ0) is 14.0. The fourth-order valence-electron chi connectivity index (χ4n) is 1.38. The first-order chi connectivity index (χ1) is 8.90. The molecule has 1 amide bonds. The number of furan rings is 1. The molecule has 0 bridgehead atoms. The molecule has 2 heterocycles. The third-order valence-corrected chi connectivity index (χ3v) is 2.99. The van der Waals surface area contributed by atoms with Crippen LogP contribution in [0.5, 0.6) is 0 Å². The Bertz CT molecular complexity index is 555.